The van der Waals surface area contributed by atoms with Crippen LogP contribution in [0, 0.1) is 17.3 Å². The van der Waals surface area contributed by atoms with Crippen molar-refractivity contribution in [3.05, 3.63) is 0 Å². The first kappa shape index (κ1) is 19.0. The largest absolute Gasteiger partial charge is 0.480 e. The Morgan fingerprint density at radius 1 is 1.23 bits per heavy atom. The van der Waals surface area contributed by atoms with Gasteiger partial charge in [0.15, 0.2) is 0 Å². The molecule has 1 spiro atoms. The van der Waals surface area contributed by atoms with Crippen LogP contribution in [0.3, 0.4) is 0 Å². The van der Waals surface area contributed by atoms with Gasteiger partial charge in [0.2, 0.25) is 5.91 Å². The summed E-state index contributed by atoms with van der Waals surface area (Å²) in [6, 6.07) is -1.59. The van der Waals surface area contributed by atoms with Crippen LogP contribution in [0.2, 0.25) is 0 Å². The van der Waals surface area contributed by atoms with Crippen LogP contribution < -0.4 is 5.32 Å². The molecule has 0 radical (unpaired) electrons. The van der Waals surface area contributed by atoms with Crippen LogP contribution >= 0.6 is 0 Å². The molecule has 7 nitrogen and oxygen atoms in total. The second-order valence-electron chi connectivity index (χ2n) is 9.46. The van der Waals surface area contributed by atoms with Gasteiger partial charge in [0.1, 0.15) is 17.7 Å². The van der Waals surface area contributed by atoms with Crippen LogP contribution in [0.25, 0.3) is 0 Å². The molecule has 0 aromatic heterocycles. The van der Waals surface area contributed by atoms with Gasteiger partial charge in [-0.15, -0.1) is 0 Å². The van der Waals surface area contributed by atoms with E-state index < -0.39 is 29.7 Å². The Morgan fingerprint density at radius 2 is 1.85 bits per heavy atom. The Morgan fingerprint density at radius 3 is 2.31 bits per heavy atom. The average Bonchev–Trinajstić information content (AvgIpc) is 3.00. The van der Waals surface area contributed by atoms with Crippen LogP contribution in [-0.4, -0.2) is 51.7 Å². The molecule has 2 N–H and O–H groups in total. The summed E-state index contributed by atoms with van der Waals surface area (Å²) in [5, 5.41) is 12.4. The molecular weight excluding hydrogens is 336 g/mol. The van der Waals surface area contributed by atoms with Crippen LogP contribution in [0.15, 0.2) is 0 Å². The van der Waals surface area contributed by atoms with Crippen LogP contribution in [0.4, 0.5) is 4.79 Å². The van der Waals surface area contributed by atoms with E-state index in [4.69, 9.17) is 4.74 Å². The third-order valence-corrected chi connectivity index (χ3v) is 6.03. The van der Waals surface area contributed by atoms with Gasteiger partial charge < -0.3 is 20.1 Å². The van der Waals surface area contributed by atoms with Crippen molar-refractivity contribution in [3.8, 4) is 0 Å². The predicted molar refractivity (Wildman–Crippen MR) is 94.4 cm³/mol. The number of likely N-dealkylation sites (tertiary alicyclic amines) is 1. The molecule has 7 heteroatoms. The molecule has 3 rings (SSSR count). The zero-order valence-electron chi connectivity index (χ0n) is 16.2. The molecule has 2 amide bonds. The fourth-order valence-electron chi connectivity index (χ4n) is 4.80. The standard InChI is InChI=1S/C19H30N2O5/c1-10(2)13(20-17(25)26-18(3,4)5)15(22)21-11-8-12(14(21)16(23)24)19(9-11)6-7-19/h10-14H,6-9H2,1-5H3,(H,20,25)(H,23,24)/t11-,12-,13-,14-/m0/s1. The highest BCUT2D eigenvalue weighted by atomic mass is 16.6. The molecule has 0 aromatic rings. The molecule has 1 saturated heterocycles. The molecule has 2 bridgehead atoms. The van der Waals surface area contributed by atoms with Gasteiger partial charge in [0.05, 0.1) is 0 Å². The zero-order chi connectivity index (χ0) is 19.4. The molecule has 0 aromatic carbocycles. The maximum atomic E-state index is 13.2. The summed E-state index contributed by atoms with van der Waals surface area (Å²) in [5.41, 5.74) is -0.514. The van der Waals surface area contributed by atoms with Gasteiger partial charge in [-0.05, 0) is 63.7 Å². The number of nitrogens with zero attached hydrogens (tertiary/aromatic N) is 1. The van der Waals surface area contributed by atoms with Gasteiger partial charge in [-0.3, -0.25) is 4.79 Å². The van der Waals surface area contributed by atoms with Crippen molar-refractivity contribution < 1.29 is 24.2 Å². The highest BCUT2D eigenvalue weighted by molar-refractivity contribution is 5.91. The monoisotopic (exact) mass is 366 g/mol. The van der Waals surface area contributed by atoms with Gasteiger partial charge in [0, 0.05) is 6.04 Å². The minimum Gasteiger partial charge on any atom is -0.480 e. The molecule has 3 aliphatic rings. The number of ether oxygens (including phenoxy) is 1. The molecule has 1 aliphatic heterocycles. The number of carboxylic acids is 1. The summed E-state index contributed by atoms with van der Waals surface area (Å²) in [4.78, 5) is 38.8. The van der Waals surface area contributed by atoms with E-state index in [1.807, 2.05) is 13.8 Å². The fourth-order valence-corrected chi connectivity index (χ4v) is 4.80. The number of hydrogen-bond donors (Lipinski definition) is 2. The molecule has 0 unspecified atom stereocenters. The Kier molecular flexibility index (Phi) is 4.48. The fraction of sp³-hybridized carbons (Fsp3) is 0.842. The number of nitrogens with one attached hydrogen (secondary N) is 1. The van der Waals surface area contributed by atoms with Gasteiger partial charge in [-0.2, -0.15) is 0 Å². The molecule has 4 atom stereocenters. The highest BCUT2D eigenvalue weighted by Crippen LogP contribution is 2.67. The number of amides is 2. The molecule has 26 heavy (non-hydrogen) atoms. The molecular formula is C19H30N2O5. The van der Waals surface area contributed by atoms with Crippen molar-refractivity contribution in [2.45, 2.75) is 84.0 Å². The number of alkyl carbamates (subject to hydrolysis) is 1. The number of fused-ring (bicyclic) bond motifs is 3. The van der Waals surface area contributed by atoms with E-state index in [0.717, 1.165) is 25.7 Å². The third-order valence-electron chi connectivity index (χ3n) is 6.03. The Bertz CT molecular complexity index is 620. The number of carbonyl (C=O) groups excluding carboxylic acids is 2. The lowest BCUT2D eigenvalue weighted by molar-refractivity contribution is -0.155. The summed E-state index contributed by atoms with van der Waals surface area (Å²) >= 11 is 0. The SMILES string of the molecule is CC(C)[C@H](NC(=O)OC(C)(C)C)C(=O)N1[C@H]2C[C@@H]([C@H]1C(=O)O)C1(CC1)C2. The molecule has 1 heterocycles. The molecule has 2 saturated carbocycles. The number of carbonyl (C=O) groups is 3. The van der Waals surface area contributed by atoms with Gasteiger partial charge >= 0.3 is 12.1 Å². The van der Waals surface area contributed by atoms with E-state index in [0.29, 0.717) is 0 Å². The topological polar surface area (TPSA) is 95.9 Å². The lowest BCUT2D eigenvalue weighted by atomic mass is 9.84. The highest BCUT2D eigenvalue weighted by Gasteiger charge is 2.67. The first-order valence-electron chi connectivity index (χ1n) is 9.50. The van der Waals surface area contributed by atoms with Crippen LogP contribution in [-0.2, 0) is 14.3 Å². The number of piperidine rings is 1. The average molecular weight is 366 g/mol. The summed E-state index contributed by atoms with van der Waals surface area (Å²) in [6.45, 7) is 8.95. The Hall–Kier alpha value is -1.79. The van der Waals surface area contributed by atoms with Crippen molar-refractivity contribution >= 4 is 18.0 Å². The van der Waals surface area contributed by atoms with Crippen molar-refractivity contribution in [2.75, 3.05) is 0 Å². The summed E-state index contributed by atoms with van der Waals surface area (Å²) in [5.74, 6) is -1.36. The number of aliphatic carboxylic acids is 1. The lowest BCUT2D eigenvalue weighted by Crippen LogP contribution is -2.59. The first-order chi connectivity index (χ1) is 11.9. The van der Waals surface area contributed by atoms with E-state index in [9.17, 15) is 19.5 Å². The maximum absolute atomic E-state index is 13.2. The first-order valence-corrected chi connectivity index (χ1v) is 9.50. The van der Waals surface area contributed by atoms with E-state index in [-0.39, 0.29) is 29.2 Å². The molecule has 146 valence electrons. The lowest BCUT2D eigenvalue weighted by Gasteiger charge is -2.39. The number of hydrogen-bond acceptors (Lipinski definition) is 4. The van der Waals surface area contributed by atoms with Gasteiger partial charge in [0.25, 0.3) is 0 Å². The van der Waals surface area contributed by atoms with Crippen molar-refractivity contribution in [2.24, 2.45) is 17.3 Å². The van der Waals surface area contributed by atoms with E-state index in [2.05, 4.69) is 5.32 Å². The predicted octanol–water partition coefficient (Wildman–Crippen LogP) is 2.39. The van der Waals surface area contributed by atoms with Crippen molar-refractivity contribution in [3.63, 3.8) is 0 Å². The number of carboxylic acid groups (broad SMARTS) is 1. The Labute approximate surface area is 154 Å². The van der Waals surface area contributed by atoms with Crippen molar-refractivity contribution in [1.82, 2.24) is 10.2 Å². The number of rotatable bonds is 4. The van der Waals surface area contributed by atoms with E-state index in [1.165, 1.54) is 0 Å². The second-order valence-corrected chi connectivity index (χ2v) is 9.46. The summed E-state index contributed by atoms with van der Waals surface area (Å²) < 4.78 is 5.27. The van der Waals surface area contributed by atoms with Gasteiger partial charge in [-0.25, -0.2) is 9.59 Å². The normalized spacial score (nSPS) is 29.8. The van der Waals surface area contributed by atoms with E-state index >= 15 is 0 Å². The quantitative estimate of drug-likeness (QED) is 0.796. The van der Waals surface area contributed by atoms with Crippen LogP contribution in [0.1, 0.15) is 60.3 Å². The molecule has 2 aliphatic carbocycles. The van der Waals surface area contributed by atoms with Crippen molar-refractivity contribution in [1.29, 1.82) is 0 Å². The minimum atomic E-state index is -0.934. The second kappa shape index (κ2) is 6.13. The zero-order valence-corrected chi connectivity index (χ0v) is 16.2. The smallest absolute Gasteiger partial charge is 0.408 e. The van der Waals surface area contributed by atoms with E-state index in [1.54, 1.807) is 25.7 Å². The minimum absolute atomic E-state index is 0.0298. The third kappa shape index (κ3) is 3.28. The molecule has 3 fully saturated rings. The van der Waals surface area contributed by atoms with Gasteiger partial charge in [-0.1, -0.05) is 13.8 Å². The summed E-state index contributed by atoms with van der Waals surface area (Å²) in [6.07, 6.45) is 3.15. The Balaban J connectivity index is 1.77. The summed E-state index contributed by atoms with van der Waals surface area (Å²) in [7, 11) is 0. The maximum Gasteiger partial charge on any atom is 0.408 e. The van der Waals surface area contributed by atoms with Crippen LogP contribution in [0.5, 0.6) is 0 Å².